The summed E-state index contributed by atoms with van der Waals surface area (Å²) in [7, 11) is 2.09. The molecule has 118 valence electrons. The van der Waals surface area contributed by atoms with Crippen molar-refractivity contribution in [1.82, 2.24) is 4.98 Å². The highest BCUT2D eigenvalue weighted by Gasteiger charge is 2.21. The Hall–Kier alpha value is -2.36. The van der Waals surface area contributed by atoms with E-state index in [1.807, 2.05) is 11.1 Å². The molecule has 2 aliphatic rings. The summed E-state index contributed by atoms with van der Waals surface area (Å²) in [6, 6.07) is 8.69. The van der Waals surface area contributed by atoms with E-state index in [9.17, 15) is 4.79 Å². The molecule has 3 heterocycles. The Morgan fingerprint density at radius 3 is 2.74 bits per heavy atom. The third-order valence-corrected chi connectivity index (χ3v) is 4.93. The molecule has 0 aliphatic carbocycles. The minimum absolute atomic E-state index is 0.126. The molecular formula is C19H21N3O. The minimum Gasteiger partial charge on any atom is -0.359 e. The summed E-state index contributed by atoms with van der Waals surface area (Å²) in [6.45, 7) is 3.52. The van der Waals surface area contributed by atoms with Crippen molar-refractivity contribution in [3.63, 3.8) is 0 Å². The Labute approximate surface area is 136 Å². The monoisotopic (exact) mass is 307 g/mol. The second kappa shape index (κ2) is 5.37. The van der Waals surface area contributed by atoms with E-state index in [1.54, 1.807) is 6.92 Å². The summed E-state index contributed by atoms with van der Waals surface area (Å²) in [6.07, 6.45) is 5.10. The standard InChI is InChI=1S/C19H21N3O/c1-13(23)22-8-3-4-15-10-14(5-6-18(15)22)17-11-16-7-9-21(2)19(16)20-12-17/h5-6,10-12H,3-4,7-9H2,1-2H3. The first-order chi connectivity index (χ1) is 11.1. The molecule has 0 saturated heterocycles. The fourth-order valence-electron chi connectivity index (χ4n) is 3.69. The Morgan fingerprint density at radius 2 is 1.91 bits per heavy atom. The third-order valence-electron chi connectivity index (χ3n) is 4.93. The zero-order valence-corrected chi connectivity index (χ0v) is 13.7. The maximum atomic E-state index is 11.8. The zero-order chi connectivity index (χ0) is 16.0. The van der Waals surface area contributed by atoms with E-state index in [-0.39, 0.29) is 5.91 Å². The summed E-state index contributed by atoms with van der Waals surface area (Å²) in [5.74, 6) is 1.23. The smallest absolute Gasteiger partial charge is 0.223 e. The molecule has 1 aromatic carbocycles. The van der Waals surface area contributed by atoms with Crippen molar-refractivity contribution in [2.75, 3.05) is 29.9 Å². The van der Waals surface area contributed by atoms with Crippen LogP contribution in [0, 0.1) is 0 Å². The number of amides is 1. The molecule has 1 aromatic heterocycles. The molecule has 0 fully saturated rings. The lowest BCUT2D eigenvalue weighted by Gasteiger charge is -2.29. The number of carbonyl (C=O) groups excluding carboxylic acids is 1. The largest absolute Gasteiger partial charge is 0.359 e. The highest BCUT2D eigenvalue weighted by atomic mass is 16.2. The fraction of sp³-hybridized carbons (Fsp3) is 0.368. The van der Waals surface area contributed by atoms with Crippen LogP contribution in [0.25, 0.3) is 11.1 Å². The van der Waals surface area contributed by atoms with Gasteiger partial charge in [0.2, 0.25) is 5.91 Å². The van der Waals surface area contributed by atoms with Gasteiger partial charge in [0.25, 0.3) is 0 Å². The Bertz CT molecular complexity index is 784. The lowest BCUT2D eigenvalue weighted by atomic mass is 9.96. The summed E-state index contributed by atoms with van der Waals surface area (Å²) in [5, 5.41) is 0. The number of fused-ring (bicyclic) bond motifs is 2. The van der Waals surface area contributed by atoms with Crippen LogP contribution in [0.3, 0.4) is 0 Å². The second-order valence-electron chi connectivity index (χ2n) is 6.50. The molecule has 2 aromatic rings. The van der Waals surface area contributed by atoms with Crippen LogP contribution in [0.1, 0.15) is 24.5 Å². The van der Waals surface area contributed by atoms with Crippen molar-refractivity contribution in [3.8, 4) is 11.1 Å². The minimum atomic E-state index is 0.126. The van der Waals surface area contributed by atoms with Crippen LogP contribution < -0.4 is 9.80 Å². The van der Waals surface area contributed by atoms with Gasteiger partial charge < -0.3 is 9.80 Å². The van der Waals surface area contributed by atoms with Crippen LogP contribution in [0.5, 0.6) is 0 Å². The zero-order valence-electron chi connectivity index (χ0n) is 13.7. The van der Waals surface area contributed by atoms with Crippen LogP contribution in [0.15, 0.2) is 30.5 Å². The molecule has 0 unspecified atom stereocenters. The topological polar surface area (TPSA) is 36.4 Å². The van der Waals surface area contributed by atoms with Crippen molar-refractivity contribution in [1.29, 1.82) is 0 Å². The van der Waals surface area contributed by atoms with Crippen molar-refractivity contribution < 1.29 is 4.79 Å². The van der Waals surface area contributed by atoms with Gasteiger partial charge in [0.1, 0.15) is 5.82 Å². The van der Waals surface area contributed by atoms with E-state index >= 15 is 0 Å². The van der Waals surface area contributed by atoms with Crippen LogP contribution in [0.4, 0.5) is 11.5 Å². The number of pyridine rings is 1. The molecule has 23 heavy (non-hydrogen) atoms. The number of hydrogen-bond donors (Lipinski definition) is 0. The van der Waals surface area contributed by atoms with Crippen LogP contribution in [-0.4, -0.2) is 31.0 Å². The predicted molar refractivity (Wildman–Crippen MR) is 93.0 cm³/mol. The maximum absolute atomic E-state index is 11.8. The lowest BCUT2D eigenvalue weighted by molar-refractivity contribution is -0.116. The highest BCUT2D eigenvalue weighted by molar-refractivity contribution is 5.93. The quantitative estimate of drug-likeness (QED) is 0.812. The first-order valence-electron chi connectivity index (χ1n) is 8.25. The van der Waals surface area contributed by atoms with Crippen LogP contribution >= 0.6 is 0 Å². The van der Waals surface area contributed by atoms with E-state index < -0.39 is 0 Å². The molecule has 0 spiro atoms. The number of hydrogen-bond acceptors (Lipinski definition) is 3. The number of rotatable bonds is 1. The average Bonchev–Trinajstić information content (AvgIpc) is 2.94. The maximum Gasteiger partial charge on any atom is 0.223 e. The first-order valence-corrected chi connectivity index (χ1v) is 8.25. The van der Waals surface area contributed by atoms with Gasteiger partial charge in [-0.05, 0) is 54.2 Å². The number of benzene rings is 1. The predicted octanol–water partition coefficient (Wildman–Crippen LogP) is 3.04. The van der Waals surface area contributed by atoms with Gasteiger partial charge >= 0.3 is 0 Å². The van der Waals surface area contributed by atoms with Gasteiger partial charge in [0, 0.05) is 44.5 Å². The summed E-state index contributed by atoms with van der Waals surface area (Å²) in [4.78, 5) is 20.5. The number of anilines is 2. The Morgan fingerprint density at radius 1 is 1.09 bits per heavy atom. The van der Waals surface area contributed by atoms with Gasteiger partial charge in [-0.25, -0.2) is 4.98 Å². The van der Waals surface area contributed by atoms with Gasteiger partial charge in [-0.3, -0.25) is 4.79 Å². The van der Waals surface area contributed by atoms with Gasteiger partial charge in [0.15, 0.2) is 0 Å². The number of aromatic nitrogens is 1. The Balaban J connectivity index is 1.72. The molecule has 2 aliphatic heterocycles. The third kappa shape index (κ3) is 2.38. The lowest BCUT2D eigenvalue weighted by Crippen LogP contribution is -2.33. The second-order valence-corrected chi connectivity index (χ2v) is 6.50. The molecule has 0 saturated carbocycles. The summed E-state index contributed by atoms with van der Waals surface area (Å²) >= 11 is 0. The van der Waals surface area contributed by atoms with E-state index in [1.165, 1.54) is 22.3 Å². The van der Waals surface area contributed by atoms with Crippen molar-refractivity contribution in [3.05, 3.63) is 41.6 Å². The first kappa shape index (κ1) is 14.2. The number of carbonyl (C=O) groups is 1. The molecule has 4 heteroatoms. The SMILES string of the molecule is CC(=O)N1CCCc2cc(-c3cnc4c(c3)CCN4C)ccc21. The number of likely N-dealkylation sites (N-methyl/N-ethyl adjacent to an activating group) is 1. The van der Waals surface area contributed by atoms with Crippen LogP contribution in [-0.2, 0) is 17.6 Å². The number of aryl methyl sites for hydroxylation is 1. The van der Waals surface area contributed by atoms with Crippen molar-refractivity contribution in [2.45, 2.75) is 26.2 Å². The van der Waals surface area contributed by atoms with E-state index in [0.717, 1.165) is 43.9 Å². The molecule has 0 bridgehead atoms. The molecule has 0 radical (unpaired) electrons. The molecule has 4 rings (SSSR count). The van der Waals surface area contributed by atoms with E-state index in [4.69, 9.17) is 0 Å². The molecular weight excluding hydrogens is 286 g/mol. The molecule has 4 nitrogen and oxygen atoms in total. The normalized spacial score (nSPS) is 16.3. The van der Waals surface area contributed by atoms with E-state index in [0.29, 0.717) is 0 Å². The van der Waals surface area contributed by atoms with Crippen molar-refractivity contribution in [2.24, 2.45) is 0 Å². The van der Waals surface area contributed by atoms with Gasteiger partial charge in [-0.15, -0.1) is 0 Å². The van der Waals surface area contributed by atoms with Crippen LogP contribution in [0.2, 0.25) is 0 Å². The van der Waals surface area contributed by atoms with Crippen molar-refractivity contribution >= 4 is 17.4 Å². The number of nitrogens with zero attached hydrogens (tertiary/aromatic N) is 3. The van der Waals surface area contributed by atoms with Gasteiger partial charge in [-0.1, -0.05) is 6.07 Å². The van der Waals surface area contributed by atoms with Gasteiger partial charge in [0.05, 0.1) is 0 Å². The average molecular weight is 307 g/mol. The molecule has 1 amide bonds. The summed E-state index contributed by atoms with van der Waals surface area (Å²) < 4.78 is 0. The summed E-state index contributed by atoms with van der Waals surface area (Å²) in [5.41, 5.74) is 6.02. The molecule has 0 atom stereocenters. The Kier molecular flexibility index (Phi) is 3.33. The fourth-order valence-corrected chi connectivity index (χ4v) is 3.69. The van der Waals surface area contributed by atoms with Gasteiger partial charge in [-0.2, -0.15) is 0 Å². The highest BCUT2D eigenvalue weighted by Crippen LogP contribution is 2.33. The molecule has 0 N–H and O–H groups in total. The van der Waals surface area contributed by atoms with E-state index in [2.05, 4.69) is 41.2 Å².